The SMILES string of the molecule is Br.CN(C)CC=C(Br)c1cccc(Cl)c1. The van der Waals surface area contributed by atoms with Crippen LogP contribution in [0.15, 0.2) is 30.3 Å². The summed E-state index contributed by atoms with van der Waals surface area (Å²) in [5, 5.41) is 0.762. The molecule has 0 aliphatic rings. The fourth-order valence-corrected chi connectivity index (χ4v) is 1.60. The molecule has 0 atom stereocenters. The van der Waals surface area contributed by atoms with Crippen molar-refractivity contribution in [3.8, 4) is 0 Å². The van der Waals surface area contributed by atoms with Gasteiger partial charge < -0.3 is 4.90 Å². The lowest BCUT2D eigenvalue weighted by atomic mass is 10.2. The lowest BCUT2D eigenvalue weighted by Gasteiger charge is -2.06. The summed E-state index contributed by atoms with van der Waals surface area (Å²) in [5.41, 5.74) is 1.11. The highest BCUT2D eigenvalue weighted by Crippen LogP contribution is 2.23. The second kappa shape index (κ2) is 7.44. The molecule has 0 saturated heterocycles. The molecule has 0 N–H and O–H groups in total. The molecular weight excluding hydrogens is 341 g/mol. The molecule has 0 saturated carbocycles. The van der Waals surface area contributed by atoms with Crippen molar-refractivity contribution in [2.24, 2.45) is 0 Å². The second-order valence-corrected chi connectivity index (χ2v) is 4.62. The third kappa shape index (κ3) is 5.71. The summed E-state index contributed by atoms with van der Waals surface area (Å²) in [6.07, 6.45) is 2.12. The van der Waals surface area contributed by atoms with E-state index in [1.807, 2.05) is 38.4 Å². The number of likely N-dealkylation sites (N-methyl/N-ethyl adjacent to an activating group) is 1. The topological polar surface area (TPSA) is 3.24 Å². The van der Waals surface area contributed by atoms with Crippen LogP contribution in [-0.2, 0) is 0 Å². The summed E-state index contributed by atoms with van der Waals surface area (Å²) >= 11 is 9.42. The number of hydrogen-bond donors (Lipinski definition) is 0. The smallest absolute Gasteiger partial charge is 0.0412 e. The van der Waals surface area contributed by atoms with E-state index in [0.717, 1.165) is 21.6 Å². The highest BCUT2D eigenvalue weighted by molar-refractivity contribution is 9.15. The molecule has 1 aromatic carbocycles. The highest BCUT2D eigenvalue weighted by Gasteiger charge is 1.97. The predicted octanol–water partition coefficient (Wildman–Crippen LogP) is 4.22. The van der Waals surface area contributed by atoms with Crippen LogP contribution in [0.5, 0.6) is 0 Å². The molecule has 0 fully saturated rings. The van der Waals surface area contributed by atoms with Crippen molar-refractivity contribution in [3.63, 3.8) is 0 Å². The Morgan fingerprint density at radius 3 is 2.67 bits per heavy atom. The van der Waals surface area contributed by atoms with Crippen LogP contribution in [0.25, 0.3) is 4.48 Å². The lowest BCUT2D eigenvalue weighted by Crippen LogP contribution is -2.10. The van der Waals surface area contributed by atoms with Gasteiger partial charge in [-0.25, -0.2) is 0 Å². The maximum Gasteiger partial charge on any atom is 0.0412 e. The minimum atomic E-state index is 0. The van der Waals surface area contributed by atoms with Gasteiger partial charge in [-0.2, -0.15) is 0 Å². The fourth-order valence-electron chi connectivity index (χ4n) is 1.02. The van der Waals surface area contributed by atoms with Crippen molar-refractivity contribution in [2.45, 2.75) is 0 Å². The molecule has 0 spiro atoms. The molecule has 0 amide bonds. The van der Waals surface area contributed by atoms with Gasteiger partial charge >= 0.3 is 0 Å². The Bertz CT molecular complexity index is 337. The van der Waals surface area contributed by atoms with Crippen LogP contribution in [0.1, 0.15) is 5.56 Å². The van der Waals surface area contributed by atoms with Crippen LogP contribution in [0, 0.1) is 0 Å². The van der Waals surface area contributed by atoms with Gasteiger partial charge in [-0.3, -0.25) is 0 Å². The Morgan fingerprint density at radius 1 is 1.47 bits per heavy atom. The Hall–Kier alpha value is 0.170. The van der Waals surface area contributed by atoms with Crippen LogP contribution >= 0.6 is 44.5 Å². The van der Waals surface area contributed by atoms with Gasteiger partial charge in [0.05, 0.1) is 0 Å². The van der Waals surface area contributed by atoms with Crippen molar-refractivity contribution in [1.29, 1.82) is 0 Å². The fraction of sp³-hybridized carbons (Fsp3) is 0.273. The van der Waals surface area contributed by atoms with Gasteiger partial charge in [-0.1, -0.05) is 45.7 Å². The third-order valence-electron chi connectivity index (χ3n) is 1.74. The van der Waals surface area contributed by atoms with Gasteiger partial charge in [0.1, 0.15) is 0 Å². The maximum atomic E-state index is 5.89. The highest BCUT2D eigenvalue weighted by atomic mass is 79.9. The van der Waals surface area contributed by atoms with E-state index in [1.165, 1.54) is 0 Å². The standard InChI is InChI=1S/C11H13BrClN.BrH/c1-14(2)7-6-11(12)9-4-3-5-10(13)8-9;/h3-6,8H,7H2,1-2H3;1H. The first kappa shape index (κ1) is 15.2. The average molecular weight is 356 g/mol. The second-order valence-electron chi connectivity index (χ2n) is 3.32. The quantitative estimate of drug-likeness (QED) is 0.785. The van der Waals surface area contributed by atoms with Crippen LogP contribution in [0.2, 0.25) is 5.02 Å². The van der Waals surface area contributed by atoms with Gasteiger partial charge in [0.2, 0.25) is 0 Å². The number of halogens is 3. The zero-order chi connectivity index (χ0) is 10.6. The van der Waals surface area contributed by atoms with E-state index in [-0.39, 0.29) is 17.0 Å². The summed E-state index contributed by atoms with van der Waals surface area (Å²) < 4.78 is 1.08. The van der Waals surface area contributed by atoms with E-state index in [1.54, 1.807) is 0 Å². The zero-order valence-electron chi connectivity index (χ0n) is 8.71. The molecule has 0 aromatic heterocycles. The molecule has 0 heterocycles. The molecule has 1 nitrogen and oxygen atoms in total. The largest absolute Gasteiger partial charge is 0.306 e. The number of benzene rings is 1. The van der Waals surface area contributed by atoms with Crippen molar-refractivity contribution in [2.75, 3.05) is 20.6 Å². The van der Waals surface area contributed by atoms with Crippen molar-refractivity contribution >= 4 is 49.0 Å². The molecule has 1 rings (SSSR count). The van der Waals surface area contributed by atoms with E-state index in [4.69, 9.17) is 11.6 Å². The van der Waals surface area contributed by atoms with Gasteiger partial charge in [0.25, 0.3) is 0 Å². The molecular formula is C11H14Br2ClN. The summed E-state index contributed by atoms with van der Waals surface area (Å²) in [6.45, 7) is 0.910. The number of rotatable bonds is 3. The normalized spacial score (nSPS) is 11.4. The van der Waals surface area contributed by atoms with E-state index in [9.17, 15) is 0 Å². The molecule has 84 valence electrons. The van der Waals surface area contributed by atoms with Gasteiger partial charge in [0.15, 0.2) is 0 Å². The summed E-state index contributed by atoms with van der Waals surface area (Å²) in [6, 6.07) is 7.79. The average Bonchev–Trinajstić information content (AvgIpc) is 2.14. The molecule has 0 bridgehead atoms. The predicted molar refractivity (Wildman–Crippen MR) is 77.2 cm³/mol. The Balaban J connectivity index is 0.00000196. The Labute approximate surface area is 115 Å². The zero-order valence-corrected chi connectivity index (χ0v) is 12.8. The molecule has 0 aliphatic carbocycles. The summed E-state index contributed by atoms with van der Waals surface area (Å²) in [4.78, 5) is 2.10. The van der Waals surface area contributed by atoms with Gasteiger partial charge in [-0.15, -0.1) is 17.0 Å². The van der Waals surface area contributed by atoms with E-state index in [2.05, 4.69) is 26.9 Å². The number of hydrogen-bond acceptors (Lipinski definition) is 1. The van der Waals surface area contributed by atoms with Crippen molar-refractivity contribution < 1.29 is 0 Å². The van der Waals surface area contributed by atoms with Crippen LogP contribution in [-0.4, -0.2) is 25.5 Å². The van der Waals surface area contributed by atoms with Crippen molar-refractivity contribution in [3.05, 3.63) is 40.9 Å². The summed E-state index contributed by atoms with van der Waals surface area (Å²) in [7, 11) is 4.07. The Morgan fingerprint density at radius 2 is 2.13 bits per heavy atom. The third-order valence-corrected chi connectivity index (χ3v) is 2.75. The number of nitrogens with zero attached hydrogens (tertiary/aromatic N) is 1. The first-order valence-corrected chi connectivity index (χ1v) is 5.53. The van der Waals surface area contributed by atoms with Crippen molar-refractivity contribution in [1.82, 2.24) is 4.90 Å². The minimum Gasteiger partial charge on any atom is -0.306 e. The monoisotopic (exact) mass is 353 g/mol. The first-order chi connectivity index (χ1) is 6.59. The minimum absolute atomic E-state index is 0. The van der Waals surface area contributed by atoms with Crippen LogP contribution in [0.3, 0.4) is 0 Å². The molecule has 0 unspecified atom stereocenters. The van der Waals surface area contributed by atoms with E-state index < -0.39 is 0 Å². The maximum absolute atomic E-state index is 5.89. The van der Waals surface area contributed by atoms with Crippen LogP contribution < -0.4 is 0 Å². The first-order valence-electron chi connectivity index (χ1n) is 4.36. The van der Waals surface area contributed by atoms with Gasteiger partial charge in [-0.05, 0) is 31.8 Å². The van der Waals surface area contributed by atoms with E-state index in [0.29, 0.717) is 0 Å². The van der Waals surface area contributed by atoms with E-state index >= 15 is 0 Å². The molecule has 4 heteroatoms. The molecule has 15 heavy (non-hydrogen) atoms. The molecule has 1 aromatic rings. The van der Waals surface area contributed by atoms with Gasteiger partial charge in [0, 0.05) is 16.0 Å². The summed E-state index contributed by atoms with van der Waals surface area (Å²) in [5.74, 6) is 0. The lowest BCUT2D eigenvalue weighted by molar-refractivity contribution is 0.457. The Kier molecular flexibility index (Phi) is 7.53. The molecule has 0 radical (unpaired) electrons. The molecule has 0 aliphatic heterocycles. The van der Waals surface area contributed by atoms with Crippen LogP contribution in [0.4, 0.5) is 0 Å².